The lowest BCUT2D eigenvalue weighted by molar-refractivity contribution is -0.138. The Morgan fingerprint density at radius 2 is 2.07 bits per heavy atom. The number of thioether (sulfide) groups is 1. The molecule has 5 nitrogen and oxygen atoms in total. The van der Waals surface area contributed by atoms with Crippen molar-refractivity contribution in [3.05, 3.63) is 11.8 Å². The van der Waals surface area contributed by atoms with E-state index in [2.05, 4.69) is 10.2 Å². The number of hydrogen-bond donors (Lipinski definition) is 1. The van der Waals surface area contributed by atoms with Gasteiger partial charge in [0.1, 0.15) is 4.75 Å². The molecule has 0 fully saturated rings. The minimum Gasteiger partial charge on any atom is -0.480 e. The number of aliphatic carboxylic acids is 1. The van der Waals surface area contributed by atoms with E-state index in [1.54, 1.807) is 13.8 Å². The molecule has 0 aliphatic rings. The first-order valence-corrected chi connectivity index (χ1v) is 5.63. The molecular formula is C9H14N2O3S. The number of rotatable bonds is 5. The molecule has 84 valence electrons. The predicted molar refractivity (Wildman–Crippen MR) is 56.7 cm³/mol. The number of aromatic nitrogens is 2. The molecule has 0 saturated carbocycles. The highest BCUT2D eigenvalue weighted by atomic mass is 32.2. The fourth-order valence-corrected chi connectivity index (χ4v) is 1.52. The molecule has 0 aliphatic heterocycles. The van der Waals surface area contributed by atoms with Crippen molar-refractivity contribution < 1.29 is 14.3 Å². The minimum absolute atomic E-state index is 0.423. The predicted octanol–water partition coefficient (Wildman–Crippen LogP) is 1.73. The van der Waals surface area contributed by atoms with Crippen LogP contribution in [0.15, 0.2) is 4.42 Å². The Morgan fingerprint density at radius 3 is 2.53 bits per heavy atom. The average molecular weight is 230 g/mol. The maximum atomic E-state index is 10.8. The lowest BCUT2D eigenvalue weighted by atomic mass is 10.2. The Morgan fingerprint density at radius 1 is 1.47 bits per heavy atom. The van der Waals surface area contributed by atoms with Gasteiger partial charge in [0, 0.05) is 6.42 Å². The van der Waals surface area contributed by atoms with Gasteiger partial charge in [0.05, 0.1) is 5.75 Å². The van der Waals surface area contributed by atoms with Crippen molar-refractivity contribution in [2.45, 2.75) is 37.7 Å². The zero-order valence-electron chi connectivity index (χ0n) is 8.98. The van der Waals surface area contributed by atoms with Gasteiger partial charge in [-0.1, -0.05) is 6.92 Å². The van der Waals surface area contributed by atoms with Crippen LogP contribution in [0.2, 0.25) is 0 Å². The molecule has 0 aromatic carbocycles. The molecule has 0 aliphatic carbocycles. The molecule has 0 amide bonds. The van der Waals surface area contributed by atoms with Crippen molar-refractivity contribution in [2.24, 2.45) is 0 Å². The molecule has 1 rings (SSSR count). The molecule has 0 saturated heterocycles. The second kappa shape index (κ2) is 4.65. The van der Waals surface area contributed by atoms with E-state index in [1.807, 2.05) is 6.92 Å². The molecule has 0 atom stereocenters. The molecule has 1 aromatic rings. The van der Waals surface area contributed by atoms with E-state index in [1.165, 1.54) is 11.8 Å². The molecular weight excluding hydrogens is 216 g/mol. The van der Waals surface area contributed by atoms with Crippen molar-refractivity contribution in [1.82, 2.24) is 10.2 Å². The third-order valence-corrected chi connectivity index (χ3v) is 3.17. The number of carboxylic acids is 1. The fraction of sp³-hybridized carbons (Fsp3) is 0.667. The Kier molecular flexibility index (Phi) is 3.73. The first kappa shape index (κ1) is 12.0. The van der Waals surface area contributed by atoms with Crippen molar-refractivity contribution in [3.8, 4) is 0 Å². The van der Waals surface area contributed by atoms with E-state index < -0.39 is 10.7 Å². The van der Waals surface area contributed by atoms with Gasteiger partial charge in [-0.05, 0) is 13.8 Å². The summed E-state index contributed by atoms with van der Waals surface area (Å²) < 4.78 is 4.44. The summed E-state index contributed by atoms with van der Waals surface area (Å²) in [5, 5.41) is 16.5. The highest BCUT2D eigenvalue weighted by Gasteiger charge is 2.28. The van der Waals surface area contributed by atoms with E-state index in [0.717, 1.165) is 0 Å². The molecule has 1 heterocycles. The Labute approximate surface area is 92.3 Å². The van der Waals surface area contributed by atoms with Crippen LogP contribution >= 0.6 is 11.8 Å². The van der Waals surface area contributed by atoms with Crippen LogP contribution in [-0.2, 0) is 17.0 Å². The highest BCUT2D eigenvalue weighted by molar-refractivity contribution is 8.00. The van der Waals surface area contributed by atoms with Crippen LogP contribution in [0, 0.1) is 0 Å². The first-order valence-electron chi connectivity index (χ1n) is 4.64. The topological polar surface area (TPSA) is 76.2 Å². The highest BCUT2D eigenvalue weighted by Crippen LogP contribution is 2.27. The number of carbonyl (C=O) groups is 1. The number of aryl methyl sites for hydroxylation is 1. The lowest BCUT2D eigenvalue weighted by Gasteiger charge is -2.16. The third-order valence-electron chi connectivity index (χ3n) is 1.88. The van der Waals surface area contributed by atoms with Gasteiger partial charge in [-0.3, -0.25) is 4.79 Å². The molecule has 0 unspecified atom stereocenters. The van der Waals surface area contributed by atoms with Gasteiger partial charge in [-0.2, -0.15) is 0 Å². The maximum Gasteiger partial charge on any atom is 0.319 e. The molecule has 0 radical (unpaired) electrons. The van der Waals surface area contributed by atoms with Crippen LogP contribution in [-0.4, -0.2) is 26.0 Å². The first-order chi connectivity index (χ1) is 6.95. The number of nitrogens with zero attached hydrogens (tertiary/aromatic N) is 2. The van der Waals surface area contributed by atoms with Gasteiger partial charge in [0.2, 0.25) is 11.8 Å². The maximum absolute atomic E-state index is 10.8. The largest absolute Gasteiger partial charge is 0.480 e. The Balaban J connectivity index is 2.53. The molecule has 15 heavy (non-hydrogen) atoms. The average Bonchev–Trinajstić information content (AvgIpc) is 2.62. The van der Waals surface area contributed by atoms with Crippen LogP contribution in [0.4, 0.5) is 0 Å². The fourth-order valence-electron chi connectivity index (χ4n) is 0.793. The van der Waals surface area contributed by atoms with Crippen LogP contribution in [0.1, 0.15) is 32.6 Å². The van der Waals surface area contributed by atoms with Crippen LogP contribution in [0.3, 0.4) is 0 Å². The molecule has 6 heteroatoms. The zero-order valence-corrected chi connectivity index (χ0v) is 9.80. The van der Waals surface area contributed by atoms with Gasteiger partial charge < -0.3 is 9.52 Å². The Bertz CT molecular complexity index is 349. The monoisotopic (exact) mass is 230 g/mol. The Hall–Kier alpha value is -1.04. The van der Waals surface area contributed by atoms with Gasteiger partial charge in [-0.15, -0.1) is 22.0 Å². The van der Waals surface area contributed by atoms with E-state index in [9.17, 15) is 4.79 Å². The van der Waals surface area contributed by atoms with E-state index in [-0.39, 0.29) is 0 Å². The number of carboxylic acid groups (broad SMARTS) is 1. The van der Waals surface area contributed by atoms with Gasteiger partial charge in [-0.25, -0.2) is 0 Å². The van der Waals surface area contributed by atoms with Gasteiger partial charge in [0.25, 0.3) is 0 Å². The summed E-state index contributed by atoms with van der Waals surface area (Å²) in [5.41, 5.74) is 0. The smallest absolute Gasteiger partial charge is 0.319 e. The normalized spacial score (nSPS) is 11.7. The molecule has 0 bridgehead atoms. The van der Waals surface area contributed by atoms with Crippen LogP contribution < -0.4 is 0 Å². The second-order valence-electron chi connectivity index (χ2n) is 3.55. The van der Waals surface area contributed by atoms with E-state index in [0.29, 0.717) is 24.0 Å². The quantitative estimate of drug-likeness (QED) is 0.830. The summed E-state index contributed by atoms with van der Waals surface area (Å²) in [4.78, 5) is 10.8. The third kappa shape index (κ3) is 3.23. The molecule has 1 N–H and O–H groups in total. The second-order valence-corrected chi connectivity index (χ2v) is 5.15. The van der Waals surface area contributed by atoms with Crippen molar-refractivity contribution >= 4 is 17.7 Å². The molecule has 1 aromatic heterocycles. The van der Waals surface area contributed by atoms with Crippen LogP contribution in [0.5, 0.6) is 0 Å². The summed E-state index contributed by atoms with van der Waals surface area (Å²) in [6, 6.07) is 0. The lowest BCUT2D eigenvalue weighted by Crippen LogP contribution is -2.27. The van der Waals surface area contributed by atoms with Crippen LogP contribution in [0.25, 0.3) is 0 Å². The summed E-state index contributed by atoms with van der Waals surface area (Å²) in [6.45, 7) is 5.22. The summed E-state index contributed by atoms with van der Waals surface area (Å²) >= 11 is 1.27. The standard InChI is InChI=1S/C9H14N2O3S/c1-4-6-10-11-7(14-6)5-15-9(2,3)8(12)13/h4-5H2,1-3H3,(H,12,13). The van der Waals surface area contributed by atoms with Crippen molar-refractivity contribution in [3.63, 3.8) is 0 Å². The van der Waals surface area contributed by atoms with Crippen molar-refractivity contribution in [1.29, 1.82) is 0 Å². The molecule has 0 spiro atoms. The minimum atomic E-state index is -0.845. The summed E-state index contributed by atoms with van der Waals surface area (Å²) in [7, 11) is 0. The van der Waals surface area contributed by atoms with E-state index in [4.69, 9.17) is 9.52 Å². The summed E-state index contributed by atoms with van der Waals surface area (Å²) in [6.07, 6.45) is 0.694. The van der Waals surface area contributed by atoms with E-state index >= 15 is 0 Å². The number of hydrogen-bond acceptors (Lipinski definition) is 5. The van der Waals surface area contributed by atoms with Crippen molar-refractivity contribution in [2.75, 3.05) is 0 Å². The zero-order chi connectivity index (χ0) is 11.5. The van der Waals surface area contributed by atoms with Gasteiger partial charge >= 0.3 is 5.97 Å². The SMILES string of the molecule is CCc1nnc(CSC(C)(C)C(=O)O)o1. The summed E-state index contributed by atoms with van der Waals surface area (Å²) in [5.74, 6) is 0.638. The van der Waals surface area contributed by atoms with Gasteiger partial charge in [0.15, 0.2) is 0 Å².